The Morgan fingerprint density at radius 2 is 1.67 bits per heavy atom. The quantitative estimate of drug-likeness (QED) is 0.0475. The number of imide groups is 1. The number of unbranched alkanes of at least 4 members (excludes halogenated alkanes) is 2. The molecule has 0 aromatic carbocycles. The highest BCUT2D eigenvalue weighted by molar-refractivity contribution is 7.85. The Hall–Kier alpha value is -5.02. The molecule has 0 fully saturated rings. The molecule has 0 spiro atoms. The molecule has 0 radical (unpaired) electrons. The van der Waals surface area contributed by atoms with Crippen LogP contribution in [0.3, 0.4) is 0 Å². The van der Waals surface area contributed by atoms with Gasteiger partial charge in [0.15, 0.2) is 5.70 Å². The molecule has 3 aromatic rings. The van der Waals surface area contributed by atoms with Gasteiger partial charge in [0.2, 0.25) is 23.4 Å². The number of hydrogen-bond acceptors (Lipinski definition) is 10. The highest BCUT2D eigenvalue weighted by atomic mass is 32.2. The average molecular weight is 882 g/mol. The molecule has 20 heteroatoms. The van der Waals surface area contributed by atoms with Gasteiger partial charge in [-0.05, 0) is 66.6 Å². The Kier molecular flexibility index (Phi) is 15.2. The van der Waals surface area contributed by atoms with Crippen molar-refractivity contribution in [1.82, 2.24) is 25.3 Å². The first-order chi connectivity index (χ1) is 28.8. The summed E-state index contributed by atoms with van der Waals surface area (Å²) < 4.78 is 59.1. The van der Waals surface area contributed by atoms with Crippen molar-refractivity contribution in [3.63, 3.8) is 0 Å². The third kappa shape index (κ3) is 11.2. The van der Waals surface area contributed by atoms with Gasteiger partial charge in [-0.1, -0.05) is 25.5 Å². The Morgan fingerprint density at radius 3 is 2.35 bits per heavy atom. The standard InChI is InChI=1S/C40H46BFN6O9S3/c1-2-3-8-27-23-32(34-9-6-21-58-34)47-30(27)25-31-28(24-33(48(31)41(47)42)35-10-7-22-59-35)12-13-37(50)45-29(26-60(54,55)56)40(53)44-16-5-4-11-36(49)43-17-19-57-20-18-46-38(51)14-15-39(46)52/h6-7,9-10,14-15,21-25,29H,2-5,8,11-13,16-20,26H2,1H3,(H3-,43,44,45,49,50,53,54,55,56)/p+1. The van der Waals surface area contributed by atoms with Gasteiger partial charge in [0.1, 0.15) is 11.8 Å². The van der Waals surface area contributed by atoms with Crippen molar-refractivity contribution in [3.05, 3.63) is 86.7 Å². The van der Waals surface area contributed by atoms with Crippen LogP contribution in [0, 0.1) is 0 Å². The smallest absolute Gasteiger partial charge is 0.378 e. The Labute approximate surface area is 356 Å². The van der Waals surface area contributed by atoms with Crippen LogP contribution < -0.4 is 16.0 Å². The van der Waals surface area contributed by atoms with Gasteiger partial charge in [-0.25, -0.2) is 8.80 Å². The molecule has 4 N–H and O–H groups in total. The van der Waals surface area contributed by atoms with Crippen LogP contribution in [0.15, 0.2) is 70.6 Å². The minimum absolute atomic E-state index is 0.0780. The lowest BCUT2D eigenvalue weighted by Crippen LogP contribution is -2.50. The summed E-state index contributed by atoms with van der Waals surface area (Å²) in [5.41, 5.74) is 4.58. The van der Waals surface area contributed by atoms with E-state index in [-0.39, 0.29) is 58.0 Å². The largest absolute Gasteiger partial charge is 0.847 e. The van der Waals surface area contributed by atoms with Gasteiger partial charge in [-0.3, -0.25) is 37.9 Å². The minimum Gasteiger partial charge on any atom is -0.378 e. The van der Waals surface area contributed by atoms with Crippen LogP contribution in [0.5, 0.6) is 0 Å². The molecule has 6 rings (SSSR count). The monoisotopic (exact) mass is 881 g/mol. The molecule has 0 bridgehead atoms. The highest BCUT2D eigenvalue weighted by Crippen LogP contribution is 2.39. The first-order valence-electron chi connectivity index (χ1n) is 19.8. The molecule has 6 heterocycles. The zero-order valence-corrected chi connectivity index (χ0v) is 35.5. The molecule has 5 amide bonds. The number of amides is 5. The molecule has 3 aliphatic heterocycles. The summed E-state index contributed by atoms with van der Waals surface area (Å²) in [5, 5.41) is 11.6. The molecule has 3 aromatic heterocycles. The number of aryl methyl sites for hydroxylation is 1. The SMILES string of the molecule is CCCCc1cc(-c2cccs2)n2c1C=C1C(CCC(=O)NC(CS(=O)(=O)O)C(=O)NCCCCC(=O)NCCOCCN3C(=O)C=CC3=O)=CC(c3cccs3)=[N+]1B2F. The molecule has 0 aliphatic carbocycles. The second kappa shape index (κ2) is 20.5. The van der Waals surface area contributed by atoms with Gasteiger partial charge in [0.05, 0.1) is 30.3 Å². The molecule has 0 saturated heterocycles. The molecule has 15 nitrogen and oxygen atoms in total. The van der Waals surface area contributed by atoms with Crippen LogP contribution in [0.25, 0.3) is 16.6 Å². The van der Waals surface area contributed by atoms with Crippen LogP contribution in [-0.2, 0) is 45.2 Å². The number of halogens is 1. The van der Waals surface area contributed by atoms with E-state index in [1.165, 1.54) is 23.5 Å². The van der Waals surface area contributed by atoms with Gasteiger partial charge in [0, 0.05) is 66.4 Å². The van der Waals surface area contributed by atoms with E-state index in [1.807, 2.05) is 47.2 Å². The molecule has 318 valence electrons. The van der Waals surface area contributed by atoms with Gasteiger partial charge >= 0.3 is 7.26 Å². The van der Waals surface area contributed by atoms with Crippen molar-refractivity contribution in [2.75, 3.05) is 38.6 Å². The van der Waals surface area contributed by atoms with Crippen LogP contribution in [0.2, 0.25) is 0 Å². The van der Waals surface area contributed by atoms with E-state index in [0.29, 0.717) is 29.8 Å². The summed E-state index contributed by atoms with van der Waals surface area (Å²) in [5.74, 6) is -3.53. The number of carbonyl (C=O) groups is 5. The predicted molar refractivity (Wildman–Crippen MR) is 227 cm³/mol. The Morgan fingerprint density at radius 1 is 0.933 bits per heavy atom. The van der Waals surface area contributed by atoms with E-state index in [4.69, 9.17) is 4.74 Å². The molecule has 3 aliphatic rings. The molecular formula is C40H47BFN6O9S3+. The fourth-order valence-electron chi connectivity index (χ4n) is 7.12. The molecular weight excluding hydrogens is 834 g/mol. The van der Waals surface area contributed by atoms with Crippen molar-refractivity contribution >= 4 is 81.4 Å². The first-order valence-corrected chi connectivity index (χ1v) is 23.2. The molecule has 60 heavy (non-hydrogen) atoms. The number of ether oxygens (including phenoxy) is 1. The van der Waals surface area contributed by atoms with E-state index < -0.39 is 52.8 Å². The third-order valence-corrected chi connectivity index (χ3v) is 12.6. The van der Waals surface area contributed by atoms with Gasteiger partial charge in [-0.2, -0.15) is 8.42 Å². The number of aromatic nitrogens is 1. The van der Waals surface area contributed by atoms with Crippen LogP contribution in [0.1, 0.15) is 68.0 Å². The topological polar surface area (TPSA) is 196 Å². The second-order valence-electron chi connectivity index (χ2n) is 14.4. The van der Waals surface area contributed by atoms with E-state index in [1.54, 1.807) is 20.3 Å². The highest BCUT2D eigenvalue weighted by Gasteiger charge is 2.51. The Bertz CT molecular complexity index is 2300. The fourth-order valence-corrected chi connectivity index (χ4v) is 9.26. The van der Waals surface area contributed by atoms with Crippen LogP contribution in [-0.4, -0.2) is 114 Å². The maximum Gasteiger partial charge on any atom is 0.847 e. The fraction of sp³-hybridized carbons (Fsp3) is 0.400. The predicted octanol–water partition coefficient (Wildman–Crippen LogP) is 3.72. The summed E-state index contributed by atoms with van der Waals surface area (Å²) in [6, 6.07) is 8.20. The Balaban J connectivity index is 1.01. The van der Waals surface area contributed by atoms with E-state index in [2.05, 4.69) is 28.9 Å². The lowest BCUT2D eigenvalue weighted by atomic mass is 9.93. The second-order valence-corrected chi connectivity index (χ2v) is 17.8. The van der Waals surface area contributed by atoms with Crippen LogP contribution in [0.4, 0.5) is 4.32 Å². The number of nitrogens with one attached hydrogen (secondary N) is 3. The summed E-state index contributed by atoms with van der Waals surface area (Å²) in [6.07, 6.45) is 9.81. The van der Waals surface area contributed by atoms with Crippen molar-refractivity contribution in [2.24, 2.45) is 0 Å². The molecule has 1 unspecified atom stereocenters. The number of fused-ring (bicyclic) bond motifs is 2. The zero-order chi connectivity index (χ0) is 42.8. The van der Waals surface area contributed by atoms with E-state index in [9.17, 15) is 36.9 Å². The summed E-state index contributed by atoms with van der Waals surface area (Å²) in [6.45, 7) is 2.82. The van der Waals surface area contributed by atoms with E-state index >= 15 is 4.32 Å². The van der Waals surface area contributed by atoms with Gasteiger partial charge < -0.3 is 20.7 Å². The lowest BCUT2D eigenvalue weighted by Gasteiger charge is -2.18. The normalized spacial score (nSPS) is 15.2. The number of allylic oxidation sites excluding steroid dienone is 2. The van der Waals surface area contributed by atoms with Crippen LogP contribution >= 0.6 is 22.7 Å². The lowest BCUT2D eigenvalue weighted by molar-refractivity contribution is -0.335. The summed E-state index contributed by atoms with van der Waals surface area (Å²) >= 11 is 3.01. The number of rotatable bonds is 23. The first kappa shape index (κ1) is 44.5. The zero-order valence-electron chi connectivity index (χ0n) is 33.1. The average Bonchev–Trinajstić information content (AvgIpc) is 4.06. The number of carbonyl (C=O) groups excluding carboxylic acids is 5. The number of thiophene rings is 2. The number of hydrogen-bond donors (Lipinski definition) is 4. The maximum absolute atomic E-state index is 17.0. The van der Waals surface area contributed by atoms with Crippen molar-refractivity contribution in [1.29, 1.82) is 0 Å². The summed E-state index contributed by atoms with van der Waals surface area (Å²) in [7, 11) is -6.24. The van der Waals surface area contributed by atoms with Gasteiger partial charge in [-0.15, -0.1) is 22.7 Å². The van der Waals surface area contributed by atoms with Crippen molar-refractivity contribution in [2.45, 2.75) is 64.3 Å². The minimum atomic E-state index is -4.67. The third-order valence-electron chi connectivity index (χ3n) is 10.1. The van der Waals surface area contributed by atoms with Crippen molar-refractivity contribution < 1.29 is 50.5 Å². The molecule has 0 saturated carbocycles. The molecule has 1 atom stereocenters. The van der Waals surface area contributed by atoms with Crippen molar-refractivity contribution in [3.8, 4) is 10.6 Å². The summed E-state index contributed by atoms with van der Waals surface area (Å²) in [4.78, 5) is 64.5. The van der Waals surface area contributed by atoms with E-state index in [0.717, 1.165) is 50.9 Å². The maximum atomic E-state index is 17.0. The van der Waals surface area contributed by atoms with Gasteiger partial charge in [0.25, 0.3) is 21.9 Å². The number of nitrogens with zero attached hydrogens (tertiary/aromatic N) is 3.